The van der Waals surface area contributed by atoms with Crippen LogP contribution in [-0.4, -0.2) is 27.7 Å². The van der Waals surface area contributed by atoms with Gasteiger partial charge >= 0.3 is 0 Å². The minimum atomic E-state index is 0.556. The molecular formula is C9H18N4S. The molecule has 1 aromatic heterocycles. The van der Waals surface area contributed by atoms with E-state index in [4.69, 9.17) is 5.73 Å². The van der Waals surface area contributed by atoms with Crippen LogP contribution in [0.4, 0.5) is 5.13 Å². The first-order chi connectivity index (χ1) is 6.67. The lowest BCUT2D eigenvalue weighted by molar-refractivity contribution is 0.205. The fourth-order valence-corrected chi connectivity index (χ4v) is 1.98. The van der Waals surface area contributed by atoms with E-state index in [-0.39, 0.29) is 0 Å². The third-order valence-electron chi connectivity index (χ3n) is 2.44. The van der Waals surface area contributed by atoms with Crippen LogP contribution in [0.1, 0.15) is 32.2 Å². The molecule has 80 valence electrons. The summed E-state index contributed by atoms with van der Waals surface area (Å²) < 4.78 is 0. The Morgan fingerprint density at radius 3 is 2.57 bits per heavy atom. The van der Waals surface area contributed by atoms with E-state index in [2.05, 4.69) is 35.9 Å². The first-order valence-electron chi connectivity index (χ1n) is 4.99. The van der Waals surface area contributed by atoms with Crippen LogP contribution in [0.15, 0.2) is 0 Å². The summed E-state index contributed by atoms with van der Waals surface area (Å²) in [6, 6.07) is 0.588. The number of nitrogen functional groups attached to an aromatic ring is 1. The van der Waals surface area contributed by atoms with E-state index < -0.39 is 0 Å². The molecule has 0 fully saturated rings. The Labute approximate surface area is 89.1 Å². The SMILES string of the molecule is CCC(C)N(CC)Cc1nnc(N)s1. The lowest BCUT2D eigenvalue weighted by Gasteiger charge is -2.25. The van der Waals surface area contributed by atoms with Crippen LogP contribution in [0.3, 0.4) is 0 Å². The smallest absolute Gasteiger partial charge is 0.203 e. The highest BCUT2D eigenvalue weighted by Crippen LogP contribution is 2.15. The van der Waals surface area contributed by atoms with E-state index in [0.717, 1.165) is 24.5 Å². The van der Waals surface area contributed by atoms with E-state index in [9.17, 15) is 0 Å². The van der Waals surface area contributed by atoms with Crippen LogP contribution in [0.25, 0.3) is 0 Å². The third kappa shape index (κ3) is 2.92. The van der Waals surface area contributed by atoms with Gasteiger partial charge in [0.05, 0.1) is 6.54 Å². The second kappa shape index (κ2) is 5.26. The summed E-state index contributed by atoms with van der Waals surface area (Å²) >= 11 is 1.47. The molecule has 0 bridgehead atoms. The molecule has 1 aromatic rings. The van der Waals surface area contributed by atoms with E-state index >= 15 is 0 Å². The Morgan fingerprint density at radius 2 is 2.14 bits per heavy atom. The highest BCUT2D eigenvalue weighted by molar-refractivity contribution is 7.15. The largest absolute Gasteiger partial charge is 0.374 e. The van der Waals surface area contributed by atoms with Crippen LogP contribution in [0, 0.1) is 0 Å². The number of rotatable bonds is 5. The number of anilines is 1. The van der Waals surface area contributed by atoms with Gasteiger partial charge in [0, 0.05) is 6.04 Å². The predicted molar refractivity (Wildman–Crippen MR) is 60.2 cm³/mol. The van der Waals surface area contributed by atoms with Gasteiger partial charge in [-0.3, -0.25) is 4.90 Å². The van der Waals surface area contributed by atoms with Gasteiger partial charge in [-0.05, 0) is 19.9 Å². The maximum absolute atomic E-state index is 5.53. The molecule has 0 aliphatic heterocycles. The maximum atomic E-state index is 5.53. The molecule has 0 aliphatic carbocycles. The van der Waals surface area contributed by atoms with Crippen molar-refractivity contribution in [1.29, 1.82) is 0 Å². The molecule has 0 saturated carbocycles. The summed E-state index contributed by atoms with van der Waals surface area (Å²) in [7, 11) is 0. The van der Waals surface area contributed by atoms with Gasteiger partial charge in [0.2, 0.25) is 5.13 Å². The molecule has 0 aromatic carbocycles. The Morgan fingerprint density at radius 1 is 1.43 bits per heavy atom. The topological polar surface area (TPSA) is 55.0 Å². The number of nitrogens with zero attached hydrogens (tertiary/aromatic N) is 3. The average Bonchev–Trinajstić information content (AvgIpc) is 2.59. The van der Waals surface area contributed by atoms with Gasteiger partial charge < -0.3 is 5.73 Å². The Bertz CT molecular complexity index is 274. The van der Waals surface area contributed by atoms with Crippen LogP contribution in [0.5, 0.6) is 0 Å². The zero-order valence-electron chi connectivity index (χ0n) is 9.03. The summed E-state index contributed by atoms with van der Waals surface area (Å²) in [6.07, 6.45) is 1.15. The normalized spacial score (nSPS) is 13.4. The van der Waals surface area contributed by atoms with Crippen LogP contribution in [-0.2, 0) is 6.54 Å². The predicted octanol–water partition coefficient (Wildman–Crippen LogP) is 1.74. The quantitative estimate of drug-likeness (QED) is 0.811. The molecule has 4 nitrogen and oxygen atoms in total. The zero-order chi connectivity index (χ0) is 10.6. The Balaban J connectivity index is 2.56. The first kappa shape index (κ1) is 11.4. The van der Waals surface area contributed by atoms with E-state index in [1.807, 2.05) is 0 Å². The van der Waals surface area contributed by atoms with E-state index in [1.165, 1.54) is 11.3 Å². The average molecular weight is 214 g/mol. The monoisotopic (exact) mass is 214 g/mol. The molecule has 5 heteroatoms. The van der Waals surface area contributed by atoms with Crippen molar-refractivity contribution in [3.63, 3.8) is 0 Å². The molecule has 2 N–H and O–H groups in total. The third-order valence-corrected chi connectivity index (χ3v) is 3.18. The van der Waals surface area contributed by atoms with Gasteiger partial charge in [0.25, 0.3) is 0 Å². The highest BCUT2D eigenvalue weighted by atomic mass is 32.1. The van der Waals surface area contributed by atoms with E-state index in [0.29, 0.717) is 11.2 Å². The molecule has 1 atom stereocenters. The minimum Gasteiger partial charge on any atom is -0.374 e. The maximum Gasteiger partial charge on any atom is 0.203 e. The van der Waals surface area contributed by atoms with Crippen molar-refractivity contribution < 1.29 is 0 Å². The van der Waals surface area contributed by atoms with Crippen molar-refractivity contribution >= 4 is 16.5 Å². The molecule has 0 aliphatic rings. The molecule has 1 unspecified atom stereocenters. The second-order valence-corrected chi connectivity index (χ2v) is 4.45. The molecule has 14 heavy (non-hydrogen) atoms. The van der Waals surface area contributed by atoms with Gasteiger partial charge in [-0.15, -0.1) is 10.2 Å². The van der Waals surface area contributed by atoms with Gasteiger partial charge in [0.1, 0.15) is 5.01 Å². The lowest BCUT2D eigenvalue weighted by atomic mass is 10.2. The lowest BCUT2D eigenvalue weighted by Crippen LogP contribution is -2.31. The van der Waals surface area contributed by atoms with E-state index in [1.54, 1.807) is 0 Å². The number of hydrogen-bond donors (Lipinski definition) is 1. The number of aromatic nitrogens is 2. The van der Waals surface area contributed by atoms with Crippen molar-refractivity contribution in [3.8, 4) is 0 Å². The number of hydrogen-bond acceptors (Lipinski definition) is 5. The summed E-state index contributed by atoms with van der Waals surface area (Å²) in [4.78, 5) is 2.37. The van der Waals surface area contributed by atoms with Crippen molar-refractivity contribution in [2.75, 3.05) is 12.3 Å². The summed E-state index contributed by atoms with van der Waals surface area (Å²) in [5.41, 5.74) is 5.53. The van der Waals surface area contributed by atoms with Crippen molar-refractivity contribution in [3.05, 3.63) is 5.01 Å². The van der Waals surface area contributed by atoms with Gasteiger partial charge in [-0.1, -0.05) is 25.2 Å². The summed E-state index contributed by atoms with van der Waals surface area (Å²) in [5, 5.41) is 9.39. The fourth-order valence-electron chi connectivity index (χ4n) is 1.34. The molecule has 0 saturated heterocycles. The Kier molecular flexibility index (Phi) is 4.28. The van der Waals surface area contributed by atoms with Crippen molar-refractivity contribution in [1.82, 2.24) is 15.1 Å². The van der Waals surface area contributed by atoms with Crippen molar-refractivity contribution in [2.45, 2.75) is 39.8 Å². The van der Waals surface area contributed by atoms with Gasteiger partial charge in [-0.2, -0.15) is 0 Å². The van der Waals surface area contributed by atoms with Crippen LogP contribution < -0.4 is 5.73 Å². The summed E-state index contributed by atoms with van der Waals surface area (Å²) in [5.74, 6) is 0. The zero-order valence-corrected chi connectivity index (χ0v) is 9.84. The summed E-state index contributed by atoms with van der Waals surface area (Å²) in [6.45, 7) is 8.49. The molecule has 0 spiro atoms. The highest BCUT2D eigenvalue weighted by Gasteiger charge is 2.12. The first-order valence-corrected chi connectivity index (χ1v) is 5.80. The second-order valence-electron chi connectivity index (χ2n) is 3.35. The van der Waals surface area contributed by atoms with Gasteiger partial charge in [0.15, 0.2) is 0 Å². The minimum absolute atomic E-state index is 0.556. The standard InChI is InChI=1S/C9H18N4S/c1-4-7(3)13(5-2)6-8-11-12-9(10)14-8/h7H,4-6H2,1-3H3,(H2,10,12). The molecular weight excluding hydrogens is 196 g/mol. The molecule has 1 heterocycles. The van der Waals surface area contributed by atoms with Crippen LogP contribution >= 0.6 is 11.3 Å². The Hall–Kier alpha value is -0.680. The van der Waals surface area contributed by atoms with Crippen molar-refractivity contribution in [2.24, 2.45) is 0 Å². The van der Waals surface area contributed by atoms with Gasteiger partial charge in [-0.25, -0.2) is 0 Å². The molecule has 0 radical (unpaired) electrons. The number of nitrogens with two attached hydrogens (primary N) is 1. The van der Waals surface area contributed by atoms with Crippen LogP contribution in [0.2, 0.25) is 0 Å². The molecule has 1 rings (SSSR count). The fraction of sp³-hybridized carbons (Fsp3) is 0.778. The molecule has 0 amide bonds.